The number of anilines is 2. The summed E-state index contributed by atoms with van der Waals surface area (Å²) in [5.41, 5.74) is 8.16. The van der Waals surface area contributed by atoms with Crippen molar-refractivity contribution in [2.45, 2.75) is 13.8 Å². The third kappa shape index (κ3) is 2.61. The van der Waals surface area contributed by atoms with Gasteiger partial charge < -0.3 is 5.73 Å². The molecule has 1 aromatic rings. The van der Waals surface area contributed by atoms with Crippen LogP contribution in [-0.2, 0) is 10.2 Å². The Hall–Kier alpha value is -1.27. The predicted molar refractivity (Wildman–Crippen MR) is 57.1 cm³/mol. The molecule has 0 aromatic heterocycles. The normalized spacial score (nSPS) is 11.4. The Bertz CT molecular complexity index is 431. The highest BCUT2D eigenvalue weighted by atomic mass is 32.2. The van der Waals surface area contributed by atoms with Crippen molar-refractivity contribution in [3.8, 4) is 0 Å². The molecule has 14 heavy (non-hydrogen) atoms. The van der Waals surface area contributed by atoms with Crippen molar-refractivity contribution >= 4 is 21.6 Å². The van der Waals surface area contributed by atoms with Gasteiger partial charge >= 0.3 is 0 Å². The van der Waals surface area contributed by atoms with Crippen LogP contribution < -0.4 is 15.6 Å². The van der Waals surface area contributed by atoms with E-state index in [2.05, 4.69) is 4.72 Å². The lowest BCUT2D eigenvalue weighted by molar-refractivity contribution is 0.603. The molecule has 6 heteroatoms. The number of nitrogens with one attached hydrogen (secondary N) is 1. The average molecular weight is 215 g/mol. The van der Waals surface area contributed by atoms with Gasteiger partial charge in [0, 0.05) is 5.69 Å². The maximum Gasteiger partial charge on any atom is 0.296 e. The number of nitrogens with two attached hydrogens (primary N) is 2. The van der Waals surface area contributed by atoms with Gasteiger partial charge in [-0.3, -0.25) is 4.72 Å². The molecule has 0 atom stereocenters. The molecular weight excluding hydrogens is 202 g/mol. The van der Waals surface area contributed by atoms with Gasteiger partial charge in [-0.2, -0.15) is 8.42 Å². The molecule has 0 saturated carbocycles. The fourth-order valence-electron chi connectivity index (χ4n) is 1.30. The molecule has 0 aliphatic carbocycles. The molecule has 0 aliphatic rings. The zero-order chi connectivity index (χ0) is 10.9. The fourth-order valence-corrected chi connectivity index (χ4v) is 1.91. The molecule has 0 saturated heterocycles. The lowest BCUT2D eigenvalue weighted by Crippen LogP contribution is -2.22. The van der Waals surface area contributed by atoms with Gasteiger partial charge in [0.15, 0.2) is 0 Å². The van der Waals surface area contributed by atoms with Gasteiger partial charge in [-0.05, 0) is 37.1 Å². The van der Waals surface area contributed by atoms with Gasteiger partial charge in [-0.15, -0.1) is 0 Å². The highest BCUT2D eigenvalue weighted by molar-refractivity contribution is 7.90. The second-order valence-electron chi connectivity index (χ2n) is 3.18. The molecule has 0 amide bonds. The van der Waals surface area contributed by atoms with Crippen molar-refractivity contribution in [3.63, 3.8) is 0 Å². The van der Waals surface area contributed by atoms with Crippen LogP contribution in [0.3, 0.4) is 0 Å². The first-order valence-corrected chi connectivity index (χ1v) is 5.51. The van der Waals surface area contributed by atoms with E-state index in [9.17, 15) is 8.42 Å². The molecule has 5 nitrogen and oxygen atoms in total. The Morgan fingerprint density at radius 1 is 1.21 bits per heavy atom. The summed E-state index contributed by atoms with van der Waals surface area (Å²) in [6, 6.07) is 3.36. The van der Waals surface area contributed by atoms with E-state index in [1.165, 1.54) is 0 Å². The van der Waals surface area contributed by atoms with Crippen LogP contribution in [0.5, 0.6) is 0 Å². The molecule has 0 bridgehead atoms. The van der Waals surface area contributed by atoms with Crippen LogP contribution in [0.15, 0.2) is 12.1 Å². The molecule has 0 aliphatic heterocycles. The first-order valence-electron chi connectivity index (χ1n) is 3.97. The van der Waals surface area contributed by atoms with E-state index in [0.717, 1.165) is 11.1 Å². The SMILES string of the molecule is Cc1cc(N)cc(C)c1NS(N)(=O)=O. The van der Waals surface area contributed by atoms with Crippen molar-refractivity contribution < 1.29 is 8.42 Å². The summed E-state index contributed by atoms with van der Waals surface area (Å²) in [6.07, 6.45) is 0. The molecule has 0 fully saturated rings. The molecule has 0 unspecified atom stereocenters. The zero-order valence-corrected chi connectivity index (χ0v) is 8.85. The van der Waals surface area contributed by atoms with Gasteiger partial charge in [0.2, 0.25) is 0 Å². The molecule has 1 aromatic carbocycles. The van der Waals surface area contributed by atoms with Crippen LogP contribution in [0.4, 0.5) is 11.4 Å². The average Bonchev–Trinajstić information content (AvgIpc) is 1.95. The monoisotopic (exact) mass is 215 g/mol. The molecule has 0 spiro atoms. The van der Waals surface area contributed by atoms with Crippen molar-refractivity contribution in [2.24, 2.45) is 5.14 Å². The quantitative estimate of drug-likeness (QED) is 0.626. The van der Waals surface area contributed by atoms with Gasteiger partial charge in [0.25, 0.3) is 10.2 Å². The molecule has 78 valence electrons. The second-order valence-corrected chi connectivity index (χ2v) is 4.47. The number of hydrogen-bond donors (Lipinski definition) is 3. The van der Waals surface area contributed by atoms with E-state index in [1.807, 2.05) is 0 Å². The topological polar surface area (TPSA) is 98.2 Å². The van der Waals surface area contributed by atoms with Gasteiger partial charge in [-0.1, -0.05) is 0 Å². The summed E-state index contributed by atoms with van der Waals surface area (Å²) in [5, 5.41) is 4.87. The van der Waals surface area contributed by atoms with Gasteiger partial charge in [0.1, 0.15) is 0 Å². The molecule has 0 heterocycles. The van der Waals surface area contributed by atoms with E-state index in [4.69, 9.17) is 10.9 Å². The second kappa shape index (κ2) is 3.47. The largest absolute Gasteiger partial charge is 0.399 e. The predicted octanol–water partition coefficient (Wildman–Crippen LogP) is 0.501. The van der Waals surface area contributed by atoms with Crippen molar-refractivity contribution in [3.05, 3.63) is 23.3 Å². The Labute approximate surface area is 83.3 Å². The first-order chi connectivity index (χ1) is 6.29. The summed E-state index contributed by atoms with van der Waals surface area (Å²) in [5.74, 6) is 0. The summed E-state index contributed by atoms with van der Waals surface area (Å²) in [6.45, 7) is 3.52. The number of aryl methyl sites for hydroxylation is 2. The van der Waals surface area contributed by atoms with E-state index in [-0.39, 0.29) is 0 Å². The molecule has 1 rings (SSSR count). The van der Waals surface area contributed by atoms with Crippen LogP contribution in [-0.4, -0.2) is 8.42 Å². The van der Waals surface area contributed by atoms with Crippen molar-refractivity contribution in [1.82, 2.24) is 0 Å². The third-order valence-electron chi connectivity index (χ3n) is 1.80. The van der Waals surface area contributed by atoms with E-state index in [1.54, 1.807) is 26.0 Å². The minimum absolute atomic E-state index is 0.488. The highest BCUT2D eigenvalue weighted by Gasteiger charge is 2.08. The lowest BCUT2D eigenvalue weighted by Gasteiger charge is -2.11. The summed E-state index contributed by atoms with van der Waals surface area (Å²) >= 11 is 0. The van der Waals surface area contributed by atoms with Crippen LogP contribution in [0.2, 0.25) is 0 Å². The van der Waals surface area contributed by atoms with Crippen LogP contribution in [0.1, 0.15) is 11.1 Å². The Morgan fingerprint density at radius 3 is 2.00 bits per heavy atom. The van der Waals surface area contributed by atoms with E-state index >= 15 is 0 Å². The lowest BCUT2D eigenvalue weighted by atomic mass is 10.1. The molecular formula is C8H13N3O2S. The number of benzene rings is 1. The zero-order valence-electron chi connectivity index (χ0n) is 8.03. The smallest absolute Gasteiger partial charge is 0.296 e. The van der Waals surface area contributed by atoms with E-state index < -0.39 is 10.2 Å². The molecule has 0 radical (unpaired) electrons. The standard InChI is InChI=1S/C8H13N3O2S/c1-5-3-7(9)4-6(2)8(5)11-14(10,12)13/h3-4,11H,9H2,1-2H3,(H2,10,12,13). The fraction of sp³-hybridized carbons (Fsp3) is 0.250. The maximum absolute atomic E-state index is 10.8. The summed E-state index contributed by atoms with van der Waals surface area (Å²) < 4.78 is 23.9. The third-order valence-corrected chi connectivity index (χ3v) is 2.29. The summed E-state index contributed by atoms with van der Waals surface area (Å²) in [7, 11) is -3.73. The Morgan fingerprint density at radius 2 is 1.64 bits per heavy atom. The number of rotatable bonds is 2. The highest BCUT2D eigenvalue weighted by Crippen LogP contribution is 2.23. The number of hydrogen-bond acceptors (Lipinski definition) is 3. The maximum atomic E-state index is 10.8. The van der Waals surface area contributed by atoms with Gasteiger partial charge in [-0.25, -0.2) is 5.14 Å². The minimum atomic E-state index is -3.73. The first kappa shape index (κ1) is 10.8. The van der Waals surface area contributed by atoms with Crippen molar-refractivity contribution in [1.29, 1.82) is 0 Å². The summed E-state index contributed by atoms with van der Waals surface area (Å²) in [4.78, 5) is 0. The Balaban J connectivity index is 3.22. The van der Waals surface area contributed by atoms with E-state index in [0.29, 0.717) is 11.4 Å². The molecule has 5 N–H and O–H groups in total. The van der Waals surface area contributed by atoms with Gasteiger partial charge in [0.05, 0.1) is 5.69 Å². The van der Waals surface area contributed by atoms with Crippen LogP contribution >= 0.6 is 0 Å². The van der Waals surface area contributed by atoms with Crippen LogP contribution in [0.25, 0.3) is 0 Å². The number of nitrogen functional groups attached to an aromatic ring is 1. The minimum Gasteiger partial charge on any atom is -0.399 e. The van der Waals surface area contributed by atoms with Crippen molar-refractivity contribution in [2.75, 3.05) is 10.5 Å². The van der Waals surface area contributed by atoms with Crippen LogP contribution in [0, 0.1) is 13.8 Å². The Kier molecular flexibility index (Phi) is 2.68.